The minimum absolute atomic E-state index is 0.0321. The fourth-order valence-corrected chi connectivity index (χ4v) is 3.79. The zero-order chi connectivity index (χ0) is 20.1. The monoisotopic (exact) mass is 389 g/mol. The Morgan fingerprint density at radius 3 is 2.69 bits per heavy atom. The normalized spacial score (nSPS) is 17.1. The Morgan fingerprint density at radius 2 is 1.93 bits per heavy atom. The highest BCUT2D eigenvalue weighted by molar-refractivity contribution is 5.93. The number of piperidine rings is 1. The fraction of sp³-hybridized carbons (Fsp3) is 0.250. The van der Waals surface area contributed by atoms with Crippen LogP contribution in [0.2, 0.25) is 0 Å². The van der Waals surface area contributed by atoms with Gasteiger partial charge in [-0.2, -0.15) is 0 Å². The average Bonchev–Trinajstić information content (AvgIpc) is 2.75. The molecule has 1 aliphatic rings. The molecule has 1 saturated heterocycles. The van der Waals surface area contributed by atoms with E-state index in [1.165, 1.54) is 12.1 Å². The molecule has 0 spiro atoms. The lowest BCUT2D eigenvalue weighted by Gasteiger charge is -2.31. The van der Waals surface area contributed by atoms with Crippen LogP contribution >= 0.6 is 0 Å². The number of rotatable bonds is 5. The van der Waals surface area contributed by atoms with Crippen molar-refractivity contribution >= 4 is 11.6 Å². The van der Waals surface area contributed by atoms with E-state index < -0.39 is 0 Å². The van der Waals surface area contributed by atoms with Gasteiger partial charge in [0, 0.05) is 25.0 Å². The van der Waals surface area contributed by atoms with Crippen molar-refractivity contribution in [1.29, 1.82) is 0 Å². The van der Waals surface area contributed by atoms with E-state index in [4.69, 9.17) is 0 Å². The van der Waals surface area contributed by atoms with E-state index in [2.05, 4.69) is 15.2 Å². The summed E-state index contributed by atoms with van der Waals surface area (Å²) in [4.78, 5) is 19.4. The molecular formula is C24H24FN3O. The number of benzene rings is 2. The van der Waals surface area contributed by atoms with Gasteiger partial charge in [-0.3, -0.25) is 14.7 Å². The molecule has 1 atom stereocenters. The Bertz CT molecular complexity index is 959. The lowest BCUT2D eigenvalue weighted by atomic mass is 9.96. The maximum absolute atomic E-state index is 13.4. The van der Waals surface area contributed by atoms with Gasteiger partial charge in [-0.15, -0.1) is 0 Å². The van der Waals surface area contributed by atoms with E-state index in [0.717, 1.165) is 55.0 Å². The smallest absolute Gasteiger partial charge is 0.228 e. The number of nitrogens with zero attached hydrogens (tertiary/aromatic N) is 2. The zero-order valence-corrected chi connectivity index (χ0v) is 16.2. The van der Waals surface area contributed by atoms with Crippen molar-refractivity contribution in [2.75, 3.05) is 18.4 Å². The summed E-state index contributed by atoms with van der Waals surface area (Å²) in [6.07, 6.45) is 3.70. The van der Waals surface area contributed by atoms with Gasteiger partial charge in [-0.25, -0.2) is 4.39 Å². The van der Waals surface area contributed by atoms with E-state index in [1.807, 2.05) is 48.5 Å². The van der Waals surface area contributed by atoms with Crippen LogP contribution in [0.3, 0.4) is 0 Å². The van der Waals surface area contributed by atoms with Crippen LogP contribution in [0.1, 0.15) is 18.5 Å². The molecule has 2 heterocycles. The first-order valence-electron chi connectivity index (χ1n) is 9.96. The summed E-state index contributed by atoms with van der Waals surface area (Å²) in [6.45, 7) is 2.50. The van der Waals surface area contributed by atoms with Crippen LogP contribution in [0, 0.1) is 11.7 Å². The number of amides is 1. The first-order valence-corrected chi connectivity index (χ1v) is 9.96. The second-order valence-electron chi connectivity index (χ2n) is 7.47. The summed E-state index contributed by atoms with van der Waals surface area (Å²) in [5.74, 6) is -0.239. The van der Waals surface area contributed by atoms with Gasteiger partial charge < -0.3 is 5.32 Å². The van der Waals surface area contributed by atoms with E-state index in [9.17, 15) is 9.18 Å². The highest BCUT2D eigenvalue weighted by Gasteiger charge is 2.26. The number of hydrogen-bond donors (Lipinski definition) is 1. The fourth-order valence-electron chi connectivity index (χ4n) is 3.79. The van der Waals surface area contributed by atoms with Gasteiger partial charge in [0.1, 0.15) is 5.82 Å². The molecule has 148 valence electrons. The van der Waals surface area contributed by atoms with Crippen LogP contribution in [-0.4, -0.2) is 28.9 Å². The lowest BCUT2D eigenvalue weighted by molar-refractivity contribution is -0.121. The molecule has 0 bridgehead atoms. The molecule has 1 amide bonds. The standard InChI is InChI=1S/C24H24FN3O/c25-21-7-3-5-19(15-21)18-9-11-22(12-10-18)27-24(29)20-6-4-14-28(16-20)17-23-8-1-2-13-26-23/h1-3,5,7-13,15,20H,4,6,14,16-17H2,(H,27,29)/t20-/m0/s1. The molecular weight excluding hydrogens is 365 g/mol. The van der Waals surface area contributed by atoms with Gasteiger partial charge >= 0.3 is 0 Å². The van der Waals surface area contributed by atoms with Crippen molar-refractivity contribution in [3.63, 3.8) is 0 Å². The summed E-state index contributed by atoms with van der Waals surface area (Å²) in [5, 5.41) is 3.03. The van der Waals surface area contributed by atoms with Crippen LogP contribution in [0.5, 0.6) is 0 Å². The Morgan fingerprint density at radius 1 is 1.07 bits per heavy atom. The molecule has 3 aromatic rings. The predicted octanol–water partition coefficient (Wildman–Crippen LogP) is 4.74. The largest absolute Gasteiger partial charge is 0.326 e. The third-order valence-corrected chi connectivity index (χ3v) is 5.30. The Labute approximate surface area is 170 Å². The molecule has 1 aliphatic heterocycles. The Kier molecular flexibility index (Phi) is 5.96. The first-order chi connectivity index (χ1) is 14.2. The molecule has 1 fully saturated rings. The number of halogens is 1. The van der Waals surface area contributed by atoms with Crippen molar-refractivity contribution < 1.29 is 9.18 Å². The summed E-state index contributed by atoms with van der Waals surface area (Å²) < 4.78 is 13.4. The van der Waals surface area contributed by atoms with Crippen LogP contribution in [0.4, 0.5) is 10.1 Å². The number of carbonyl (C=O) groups excluding carboxylic acids is 1. The molecule has 0 unspecified atom stereocenters. The Balaban J connectivity index is 1.36. The van der Waals surface area contributed by atoms with E-state index in [1.54, 1.807) is 12.3 Å². The molecule has 0 aliphatic carbocycles. The summed E-state index contributed by atoms with van der Waals surface area (Å²) in [5.41, 5.74) is 3.53. The average molecular weight is 389 g/mol. The van der Waals surface area contributed by atoms with E-state index in [-0.39, 0.29) is 17.6 Å². The molecule has 1 aromatic heterocycles. The maximum atomic E-state index is 13.4. The molecule has 29 heavy (non-hydrogen) atoms. The molecule has 0 saturated carbocycles. The number of likely N-dealkylation sites (tertiary alicyclic amines) is 1. The number of nitrogens with one attached hydrogen (secondary N) is 1. The summed E-state index contributed by atoms with van der Waals surface area (Å²) >= 11 is 0. The van der Waals surface area contributed by atoms with Gasteiger partial charge in [-0.05, 0) is 66.9 Å². The molecule has 5 heteroatoms. The van der Waals surface area contributed by atoms with Crippen molar-refractivity contribution in [2.24, 2.45) is 5.92 Å². The lowest BCUT2D eigenvalue weighted by Crippen LogP contribution is -2.40. The molecule has 2 aromatic carbocycles. The minimum Gasteiger partial charge on any atom is -0.326 e. The van der Waals surface area contributed by atoms with Crippen LogP contribution in [0.25, 0.3) is 11.1 Å². The summed E-state index contributed by atoms with van der Waals surface area (Å²) in [7, 11) is 0. The van der Waals surface area contributed by atoms with Crippen molar-refractivity contribution in [3.8, 4) is 11.1 Å². The number of carbonyl (C=O) groups is 1. The van der Waals surface area contributed by atoms with E-state index in [0.29, 0.717) is 0 Å². The highest BCUT2D eigenvalue weighted by Crippen LogP contribution is 2.24. The molecule has 0 radical (unpaired) electrons. The number of anilines is 1. The maximum Gasteiger partial charge on any atom is 0.228 e. The minimum atomic E-state index is -0.257. The molecule has 1 N–H and O–H groups in total. The highest BCUT2D eigenvalue weighted by atomic mass is 19.1. The number of pyridine rings is 1. The third-order valence-electron chi connectivity index (χ3n) is 5.30. The van der Waals surface area contributed by atoms with Gasteiger partial charge in [0.15, 0.2) is 0 Å². The zero-order valence-electron chi connectivity index (χ0n) is 16.2. The second-order valence-corrected chi connectivity index (χ2v) is 7.47. The van der Waals surface area contributed by atoms with Crippen LogP contribution in [0.15, 0.2) is 72.9 Å². The quantitative estimate of drug-likeness (QED) is 0.686. The molecule has 4 rings (SSSR count). The van der Waals surface area contributed by atoms with Gasteiger partial charge in [-0.1, -0.05) is 30.3 Å². The van der Waals surface area contributed by atoms with Gasteiger partial charge in [0.25, 0.3) is 0 Å². The number of hydrogen-bond acceptors (Lipinski definition) is 3. The van der Waals surface area contributed by atoms with Gasteiger partial charge in [0.2, 0.25) is 5.91 Å². The topological polar surface area (TPSA) is 45.2 Å². The Hall–Kier alpha value is -3.05. The van der Waals surface area contributed by atoms with Crippen LogP contribution < -0.4 is 5.32 Å². The molecule has 4 nitrogen and oxygen atoms in total. The van der Waals surface area contributed by atoms with Crippen molar-refractivity contribution in [2.45, 2.75) is 19.4 Å². The van der Waals surface area contributed by atoms with E-state index >= 15 is 0 Å². The third kappa shape index (κ3) is 5.06. The van der Waals surface area contributed by atoms with Gasteiger partial charge in [0.05, 0.1) is 11.6 Å². The number of aromatic nitrogens is 1. The summed E-state index contributed by atoms with van der Waals surface area (Å²) in [6, 6.07) is 20.0. The van der Waals surface area contributed by atoms with Crippen LogP contribution in [-0.2, 0) is 11.3 Å². The van der Waals surface area contributed by atoms with Crippen molar-refractivity contribution in [3.05, 3.63) is 84.4 Å². The predicted molar refractivity (Wildman–Crippen MR) is 113 cm³/mol. The SMILES string of the molecule is O=C(Nc1ccc(-c2cccc(F)c2)cc1)[C@H]1CCCN(Cc2ccccn2)C1. The van der Waals surface area contributed by atoms with Crippen molar-refractivity contribution in [1.82, 2.24) is 9.88 Å². The first kappa shape index (κ1) is 19.3. The second kappa shape index (κ2) is 8.97.